The number of esters is 2. The van der Waals surface area contributed by atoms with Crippen molar-refractivity contribution in [2.75, 3.05) is 66.7 Å². The number of amides is 2. The summed E-state index contributed by atoms with van der Waals surface area (Å²) >= 11 is 0. The highest BCUT2D eigenvalue weighted by Crippen LogP contribution is 2.15. The molecule has 0 heterocycles. The fourth-order valence-electron chi connectivity index (χ4n) is 6.85. The van der Waals surface area contributed by atoms with E-state index >= 15 is 0 Å². The van der Waals surface area contributed by atoms with E-state index in [1.807, 2.05) is 19.0 Å². The number of carbonyl (C=O) groups excluding carboxylic acids is 4. The van der Waals surface area contributed by atoms with E-state index in [0.29, 0.717) is 32.6 Å². The van der Waals surface area contributed by atoms with Crippen LogP contribution in [0.4, 0.5) is 0 Å². The maximum absolute atomic E-state index is 13.1. The second kappa shape index (κ2) is 44.1. The van der Waals surface area contributed by atoms with Gasteiger partial charge in [-0.3, -0.25) is 19.2 Å². The van der Waals surface area contributed by atoms with Crippen molar-refractivity contribution in [3.8, 4) is 0 Å². The van der Waals surface area contributed by atoms with Gasteiger partial charge >= 0.3 is 11.9 Å². The number of nitrogens with zero attached hydrogens (tertiary/aromatic N) is 2. The molecule has 340 valence electrons. The van der Waals surface area contributed by atoms with Gasteiger partial charge in [-0.15, -0.1) is 0 Å². The predicted molar refractivity (Wildman–Crippen MR) is 240 cm³/mol. The van der Waals surface area contributed by atoms with Crippen LogP contribution in [-0.4, -0.2) is 100 Å². The molecule has 2 amide bonds. The summed E-state index contributed by atoms with van der Waals surface area (Å²) in [6, 6.07) is 0. The molecule has 0 aliphatic heterocycles. The third-order valence-corrected chi connectivity index (χ3v) is 10.6. The van der Waals surface area contributed by atoms with Gasteiger partial charge < -0.3 is 29.3 Å². The summed E-state index contributed by atoms with van der Waals surface area (Å²) in [5.41, 5.74) is 0. The molecule has 0 rings (SSSR count). The molecule has 0 radical (unpaired) electrons. The lowest BCUT2D eigenvalue weighted by Gasteiger charge is -2.21. The minimum Gasteiger partial charge on any atom is -0.464 e. The van der Waals surface area contributed by atoms with Crippen LogP contribution in [0.1, 0.15) is 206 Å². The molecule has 0 aliphatic rings. The second-order valence-electron chi connectivity index (χ2n) is 16.5. The van der Waals surface area contributed by atoms with Gasteiger partial charge in [-0.1, -0.05) is 181 Å². The molecule has 0 aliphatic carbocycles. The van der Waals surface area contributed by atoms with Crippen LogP contribution in [0.5, 0.6) is 0 Å². The first-order chi connectivity index (χ1) is 28.3. The van der Waals surface area contributed by atoms with Gasteiger partial charge in [0.1, 0.15) is 13.2 Å². The largest absolute Gasteiger partial charge is 0.464 e. The van der Waals surface area contributed by atoms with E-state index in [4.69, 9.17) is 14.2 Å². The van der Waals surface area contributed by atoms with Crippen LogP contribution in [0.25, 0.3) is 0 Å². The SMILES string of the molecule is CCCCCCCCCCCCCCCCC(=O)OCCN(CCOC(=O)CCCCCCCCCCCCCCCC)C(=O)C=CC(=O)NCCOCCN(C)C. The van der Waals surface area contributed by atoms with Crippen molar-refractivity contribution in [2.45, 2.75) is 206 Å². The topological polar surface area (TPSA) is 114 Å². The third-order valence-electron chi connectivity index (χ3n) is 10.6. The van der Waals surface area contributed by atoms with Crippen LogP contribution in [0.2, 0.25) is 0 Å². The Morgan fingerprint density at radius 1 is 0.448 bits per heavy atom. The highest BCUT2D eigenvalue weighted by molar-refractivity contribution is 5.96. The van der Waals surface area contributed by atoms with Gasteiger partial charge in [-0.2, -0.15) is 0 Å². The normalized spacial score (nSPS) is 11.4. The Hall–Kier alpha value is -2.46. The lowest BCUT2D eigenvalue weighted by Crippen LogP contribution is -2.36. The summed E-state index contributed by atoms with van der Waals surface area (Å²) < 4.78 is 16.4. The maximum atomic E-state index is 13.1. The van der Waals surface area contributed by atoms with Crippen LogP contribution in [0, 0.1) is 0 Å². The predicted octanol–water partition coefficient (Wildman–Crippen LogP) is 10.9. The van der Waals surface area contributed by atoms with Gasteiger partial charge in [0.15, 0.2) is 0 Å². The Kier molecular flexibility index (Phi) is 42.2. The summed E-state index contributed by atoms with van der Waals surface area (Å²) in [4.78, 5) is 53.7. The molecule has 10 heteroatoms. The zero-order chi connectivity index (χ0) is 42.6. The molecule has 0 spiro atoms. The summed E-state index contributed by atoms with van der Waals surface area (Å²) in [5.74, 6) is -1.35. The molecule has 0 saturated heterocycles. The minimum absolute atomic E-state index is 0.0422. The molecule has 0 unspecified atom stereocenters. The highest BCUT2D eigenvalue weighted by Gasteiger charge is 2.14. The molecular weight excluding hydrogens is 731 g/mol. The van der Waals surface area contributed by atoms with Gasteiger partial charge in [0, 0.05) is 38.1 Å². The van der Waals surface area contributed by atoms with Gasteiger partial charge in [0.25, 0.3) is 0 Å². The molecule has 10 nitrogen and oxygen atoms in total. The minimum atomic E-state index is -0.413. The van der Waals surface area contributed by atoms with E-state index in [2.05, 4.69) is 19.2 Å². The average Bonchev–Trinajstić information content (AvgIpc) is 3.20. The number of hydrogen-bond donors (Lipinski definition) is 1. The Balaban J connectivity index is 4.40. The number of ether oxygens (including phenoxy) is 3. The van der Waals surface area contributed by atoms with Gasteiger partial charge in [-0.25, -0.2) is 0 Å². The molecule has 0 aromatic rings. The summed E-state index contributed by atoms with van der Waals surface area (Å²) in [6.45, 7) is 6.97. The van der Waals surface area contributed by atoms with Gasteiger partial charge in [-0.05, 0) is 26.9 Å². The third kappa shape index (κ3) is 41.7. The van der Waals surface area contributed by atoms with Crippen LogP contribution < -0.4 is 5.32 Å². The fraction of sp³-hybridized carbons (Fsp3) is 0.875. The molecule has 0 aromatic heterocycles. The van der Waals surface area contributed by atoms with E-state index in [0.717, 1.165) is 45.1 Å². The fourth-order valence-corrected chi connectivity index (χ4v) is 6.85. The zero-order valence-electron chi connectivity index (χ0n) is 38.3. The standard InChI is InChI=1S/C48H91N3O7/c1-5-7-9-11-13-15-17-19-21-23-25-27-29-31-33-47(54)57-43-39-51(46(53)36-35-45(52)49-37-41-56-42-38-50(3)4)40-44-58-48(55)34-32-30-28-26-24-22-20-18-16-14-12-10-8-6-2/h35-36H,5-34,37-44H2,1-4H3,(H,49,52). The maximum Gasteiger partial charge on any atom is 0.305 e. The Labute approximate surface area is 356 Å². The quantitative estimate of drug-likeness (QED) is 0.0367. The lowest BCUT2D eigenvalue weighted by molar-refractivity contribution is -0.146. The molecule has 0 atom stereocenters. The summed E-state index contributed by atoms with van der Waals surface area (Å²) in [7, 11) is 3.93. The van der Waals surface area contributed by atoms with E-state index in [9.17, 15) is 19.2 Å². The van der Waals surface area contributed by atoms with Crippen molar-refractivity contribution < 1.29 is 33.4 Å². The number of carbonyl (C=O) groups is 4. The molecule has 0 saturated carbocycles. The van der Waals surface area contributed by atoms with Crippen molar-refractivity contribution >= 4 is 23.8 Å². The van der Waals surface area contributed by atoms with Crippen molar-refractivity contribution in [2.24, 2.45) is 0 Å². The first-order valence-corrected chi connectivity index (χ1v) is 24.1. The van der Waals surface area contributed by atoms with Crippen molar-refractivity contribution in [3.63, 3.8) is 0 Å². The summed E-state index contributed by atoms with van der Waals surface area (Å²) in [5, 5.41) is 2.71. The molecule has 0 aromatic carbocycles. The van der Waals surface area contributed by atoms with Crippen LogP contribution in [0.3, 0.4) is 0 Å². The Morgan fingerprint density at radius 2 is 0.810 bits per heavy atom. The van der Waals surface area contributed by atoms with E-state index in [-0.39, 0.29) is 38.2 Å². The second-order valence-corrected chi connectivity index (χ2v) is 16.5. The first-order valence-electron chi connectivity index (χ1n) is 24.1. The van der Waals surface area contributed by atoms with Crippen molar-refractivity contribution in [3.05, 3.63) is 12.2 Å². The highest BCUT2D eigenvalue weighted by atomic mass is 16.5. The molecular formula is C48H91N3O7. The zero-order valence-corrected chi connectivity index (χ0v) is 38.3. The van der Waals surface area contributed by atoms with Crippen LogP contribution >= 0.6 is 0 Å². The van der Waals surface area contributed by atoms with Crippen molar-refractivity contribution in [1.82, 2.24) is 15.1 Å². The Bertz CT molecular complexity index is 940. The van der Waals surface area contributed by atoms with Gasteiger partial charge in [0.2, 0.25) is 11.8 Å². The number of rotatable bonds is 44. The number of likely N-dealkylation sites (N-methyl/N-ethyl adjacent to an activating group) is 1. The van der Waals surface area contributed by atoms with Crippen LogP contribution in [0.15, 0.2) is 12.2 Å². The number of nitrogens with one attached hydrogen (secondary N) is 1. The molecule has 0 bridgehead atoms. The van der Waals surface area contributed by atoms with Gasteiger partial charge in [0.05, 0.1) is 26.3 Å². The molecule has 1 N–H and O–H groups in total. The van der Waals surface area contributed by atoms with E-state index in [1.54, 1.807) is 0 Å². The average molecular weight is 822 g/mol. The van der Waals surface area contributed by atoms with Crippen molar-refractivity contribution in [1.29, 1.82) is 0 Å². The monoisotopic (exact) mass is 822 g/mol. The lowest BCUT2D eigenvalue weighted by atomic mass is 10.0. The Morgan fingerprint density at radius 3 is 1.17 bits per heavy atom. The van der Waals surface area contributed by atoms with E-state index < -0.39 is 11.8 Å². The number of unbranched alkanes of at least 4 members (excludes halogenated alkanes) is 26. The smallest absolute Gasteiger partial charge is 0.305 e. The molecule has 58 heavy (non-hydrogen) atoms. The van der Waals surface area contributed by atoms with E-state index in [1.165, 1.54) is 158 Å². The van der Waals surface area contributed by atoms with Crippen LogP contribution in [-0.2, 0) is 33.4 Å². The molecule has 0 fully saturated rings. The first kappa shape index (κ1) is 55.5. The number of hydrogen-bond acceptors (Lipinski definition) is 8. The summed E-state index contributed by atoms with van der Waals surface area (Å²) in [6.07, 6.45) is 38.3.